The van der Waals surface area contributed by atoms with E-state index in [0.717, 1.165) is 63.3 Å². The number of rotatable bonds is 7. The van der Waals surface area contributed by atoms with E-state index in [1.54, 1.807) is 0 Å². The normalized spacial score (nSPS) is 23.3. The van der Waals surface area contributed by atoms with Gasteiger partial charge in [0.1, 0.15) is 17.9 Å². The molecule has 34 heavy (non-hydrogen) atoms. The number of imide groups is 1. The van der Waals surface area contributed by atoms with Crippen LogP contribution in [0.25, 0.3) is 0 Å². The van der Waals surface area contributed by atoms with E-state index < -0.39 is 5.54 Å². The summed E-state index contributed by atoms with van der Waals surface area (Å²) < 4.78 is 5.80. The molecule has 0 bridgehead atoms. The topological polar surface area (TPSA) is 65.1 Å². The minimum atomic E-state index is -1.00. The second kappa shape index (κ2) is 9.56. The van der Waals surface area contributed by atoms with Crippen LogP contribution in [0, 0.1) is 0 Å². The number of ether oxygens (including phenoxy) is 1. The lowest BCUT2D eigenvalue weighted by atomic mass is 9.90. The number of hydrogen-bond donors (Lipinski definition) is 1. The maximum atomic E-state index is 13.4. The van der Waals surface area contributed by atoms with E-state index in [4.69, 9.17) is 16.3 Å². The molecule has 0 radical (unpaired) electrons. The first-order chi connectivity index (χ1) is 16.4. The fourth-order valence-corrected chi connectivity index (χ4v) is 5.21. The van der Waals surface area contributed by atoms with Crippen LogP contribution in [0.3, 0.4) is 0 Å². The number of benzene rings is 2. The van der Waals surface area contributed by atoms with Gasteiger partial charge in [-0.15, -0.1) is 0 Å². The molecule has 1 atom stereocenters. The van der Waals surface area contributed by atoms with Crippen LogP contribution in [0.15, 0.2) is 42.5 Å². The molecule has 2 aromatic rings. The van der Waals surface area contributed by atoms with Crippen molar-refractivity contribution in [3.63, 3.8) is 0 Å². The fourth-order valence-electron chi connectivity index (χ4n) is 5.08. The van der Waals surface area contributed by atoms with Gasteiger partial charge in [-0.1, -0.05) is 29.8 Å². The van der Waals surface area contributed by atoms with Crippen molar-refractivity contribution in [1.82, 2.24) is 20.0 Å². The first-order valence-electron chi connectivity index (χ1n) is 12.0. The Hall–Kier alpha value is -2.61. The maximum absolute atomic E-state index is 13.4. The molecule has 2 aliphatic heterocycles. The van der Waals surface area contributed by atoms with Crippen molar-refractivity contribution in [2.24, 2.45) is 0 Å². The van der Waals surface area contributed by atoms with E-state index in [0.29, 0.717) is 18.3 Å². The van der Waals surface area contributed by atoms with E-state index in [-0.39, 0.29) is 11.9 Å². The highest BCUT2D eigenvalue weighted by Gasteiger charge is 2.49. The maximum Gasteiger partial charge on any atom is 0.326 e. The quantitative estimate of drug-likeness (QED) is 0.614. The largest absolute Gasteiger partial charge is 0.492 e. The van der Waals surface area contributed by atoms with Gasteiger partial charge in [-0.25, -0.2) is 9.69 Å². The third kappa shape index (κ3) is 4.65. The number of carbonyl (C=O) groups excluding carboxylic acids is 2. The Labute approximate surface area is 205 Å². The minimum Gasteiger partial charge on any atom is -0.492 e. The first-order valence-corrected chi connectivity index (χ1v) is 12.4. The van der Waals surface area contributed by atoms with Crippen LogP contribution >= 0.6 is 11.6 Å². The summed E-state index contributed by atoms with van der Waals surface area (Å²) in [6.45, 7) is 6.92. The van der Waals surface area contributed by atoms with Gasteiger partial charge in [-0.2, -0.15) is 0 Å². The SMILES string of the molecule is C[C@@]1(c2ccc3c(c2)CCC3)NC(=O)N(CN2CCN(CCOc3ccc(Cl)cc3)CC2)C1=O. The van der Waals surface area contributed by atoms with Crippen molar-refractivity contribution in [2.45, 2.75) is 31.7 Å². The van der Waals surface area contributed by atoms with Crippen LogP contribution in [0.4, 0.5) is 4.79 Å². The standard InChI is InChI=1S/C26H31ClN4O3/c1-26(21-6-5-19-3-2-4-20(19)17-21)24(32)31(25(33)28-26)18-30-13-11-29(12-14-30)15-16-34-23-9-7-22(27)8-10-23/h5-10,17H,2-4,11-16,18H2,1H3,(H,28,33)/t26-/m0/s1. The van der Waals surface area contributed by atoms with Gasteiger partial charge in [-0.05, 0) is 67.1 Å². The van der Waals surface area contributed by atoms with E-state index >= 15 is 0 Å². The van der Waals surface area contributed by atoms with E-state index in [2.05, 4.69) is 27.2 Å². The van der Waals surface area contributed by atoms with Crippen molar-refractivity contribution < 1.29 is 14.3 Å². The van der Waals surface area contributed by atoms with E-state index in [9.17, 15) is 9.59 Å². The Morgan fingerprint density at radius 1 is 0.971 bits per heavy atom. The summed E-state index contributed by atoms with van der Waals surface area (Å²) in [5.74, 6) is 0.641. The average Bonchev–Trinajstić information content (AvgIpc) is 3.39. The number of halogens is 1. The predicted octanol–water partition coefficient (Wildman–Crippen LogP) is 3.25. The lowest BCUT2D eigenvalue weighted by molar-refractivity contribution is -0.132. The lowest BCUT2D eigenvalue weighted by Gasteiger charge is -2.36. The first kappa shape index (κ1) is 23.1. The number of aryl methyl sites for hydroxylation is 2. The molecule has 3 amide bonds. The monoisotopic (exact) mass is 482 g/mol. The number of fused-ring (bicyclic) bond motifs is 1. The highest BCUT2D eigenvalue weighted by Crippen LogP contribution is 2.32. The highest BCUT2D eigenvalue weighted by molar-refractivity contribution is 6.30. The van der Waals surface area contributed by atoms with E-state index in [1.165, 1.54) is 16.0 Å². The summed E-state index contributed by atoms with van der Waals surface area (Å²) in [5.41, 5.74) is 2.53. The molecule has 0 saturated carbocycles. The van der Waals surface area contributed by atoms with Gasteiger partial charge >= 0.3 is 6.03 Å². The zero-order valence-electron chi connectivity index (χ0n) is 19.6. The summed E-state index contributed by atoms with van der Waals surface area (Å²) in [4.78, 5) is 32.0. The summed E-state index contributed by atoms with van der Waals surface area (Å²) in [5, 5.41) is 3.65. The second-order valence-electron chi connectivity index (χ2n) is 9.53. The van der Waals surface area contributed by atoms with E-state index in [1.807, 2.05) is 37.3 Å². The van der Waals surface area contributed by atoms with Crippen LogP contribution in [0.1, 0.15) is 30.0 Å². The number of hydrogen-bond acceptors (Lipinski definition) is 5. The average molecular weight is 483 g/mol. The second-order valence-corrected chi connectivity index (χ2v) is 9.97. The third-order valence-electron chi connectivity index (χ3n) is 7.25. The van der Waals surface area contributed by atoms with Crippen molar-refractivity contribution in [2.75, 3.05) is 46.0 Å². The van der Waals surface area contributed by atoms with Crippen LogP contribution in [-0.4, -0.2) is 72.6 Å². The fraction of sp³-hybridized carbons (Fsp3) is 0.462. The molecule has 8 heteroatoms. The highest BCUT2D eigenvalue weighted by atomic mass is 35.5. The molecule has 5 rings (SSSR count). The third-order valence-corrected chi connectivity index (χ3v) is 7.50. The molecule has 1 N–H and O–H groups in total. The van der Waals surface area contributed by atoms with Gasteiger partial charge in [0.05, 0.1) is 6.67 Å². The molecule has 180 valence electrons. The number of nitrogens with zero attached hydrogens (tertiary/aromatic N) is 3. The van der Waals surface area contributed by atoms with Crippen molar-refractivity contribution in [1.29, 1.82) is 0 Å². The minimum absolute atomic E-state index is 0.172. The smallest absolute Gasteiger partial charge is 0.326 e. The molecule has 2 fully saturated rings. The van der Waals surface area contributed by atoms with Crippen molar-refractivity contribution in [3.05, 3.63) is 64.2 Å². The molecule has 2 heterocycles. The van der Waals surface area contributed by atoms with Crippen molar-refractivity contribution >= 4 is 23.5 Å². The number of piperazine rings is 1. The van der Waals surface area contributed by atoms with Crippen LogP contribution < -0.4 is 10.1 Å². The summed E-state index contributed by atoms with van der Waals surface area (Å²) in [6.07, 6.45) is 3.29. The molecule has 2 aromatic carbocycles. The molecule has 2 saturated heterocycles. The summed E-state index contributed by atoms with van der Waals surface area (Å²) in [6, 6.07) is 13.3. The molecule has 7 nitrogen and oxygen atoms in total. The van der Waals surface area contributed by atoms with Gasteiger partial charge in [0.25, 0.3) is 5.91 Å². The lowest BCUT2D eigenvalue weighted by Crippen LogP contribution is -2.52. The van der Waals surface area contributed by atoms with Gasteiger partial charge in [0, 0.05) is 37.7 Å². The van der Waals surface area contributed by atoms with Crippen LogP contribution in [0.5, 0.6) is 5.75 Å². The van der Waals surface area contributed by atoms with Gasteiger partial charge in [-0.3, -0.25) is 14.6 Å². The molecular formula is C26H31ClN4O3. The van der Waals surface area contributed by atoms with Crippen LogP contribution in [-0.2, 0) is 23.2 Å². The van der Waals surface area contributed by atoms with Gasteiger partial charge in [0.2, 0.25) is 0 Å². The van der Waals surface area contributed by atoms with Crippen LogP contribution in [0.2, 0.25) is 5.02 Å². The van der Waals surface area contributed by atoms with Gasteiger partial charge < -0.3 is 10.1 Å². The Bertz CT molecular complexity index is 1070. The zero-order valence-corrected chi connectivity index (χ0v) is 20.3. The molecular weight excluding hydrogens is 452 g/mol. The Balaban J connectivity index is 1.12. The van der Waals surface area contributed by atoms with Crippen molar-refractivity contribution in [3.8, 4) is 5.75 Å². The predicted molar refractivity (Wildman–Crippen MR) is 131 cm³/mol. The molecule has 3 aliphatic rings. The summed E-state index contributed by atoms with van der Waals surface area (Å²) >= 11 is 5.91. The number of carbonyl (C=O) groups is 2. The molecule has 0 spiro atoms. The molecule has 1 aliphatic carbocycles. The van der Waals surface area contributed by atoms with Gasteiger partial charge in [0.15, 0.2) is 0 Å². The molecule has 0 unspecified atom stereocenters. The molecule has 0 aromatic heterocycles. The Morgan fingerprint density at radius 2 is 1.68 bits per heavy atom. The number of nitrogens with one attached hydrogen (secondary N) is 1. The zero-order chi connectivity index (χ0) is 23.7. The Kier molecular flexibility index (Phi) is 6.51. The summed E-state index contributed by atoms with van der Waals surface area (Å²) in [7, 11) is 0. The number of amides is 3. The number of urea groups is 1. The Morgan fingerprint density at radius 3 is 2.44 bits per heavy atom.